The van der Waals surface area contributed by atoms with Crippen molar-refractivity contribution in [2.75, 3.05) is 5.73 Å². The highest BCUT2D eigenvalue weighted by molar-refractivity contribution is 7.98. The summed E-state index contributed by atoms with van der Waals surface area (Å²) in [6.07, 6.45) is 3.00. The first-order valence-corrected chi connectivity index (χ1v) is 11.1. The van der Waals surface area contributed by atoms with E-state index in [2.05, 4.69) is 19.9 Å². The number of rotatable bonds is 5. The fraction of sp³-hybridized carbons (Fsp3) is 0.0400. The summed E-state index contributed by atoms with van der Waals surface area (Å²) in [5.74, 6) is 0.828. The zero-order valence-electron chi connectivity index (χ0n) is 17.3. The number of aromatic amines is 1. The third-order valence-corrected chi connectivity index (χ3v) is 6.26. The van der Waals surface area contributed by atoms with E-state index in [-0.39, 0.29) is 17.3 Å². The summed E-state index contributed by atoms with van der Waals surface area (Å²) in [5.41, 5.74) is 8.63. The molecular weight excluding hydrogens is 437 g/mol. The van der Waals surface area contributed by atoms with Gasteiger partial charge >= 0.3 is 0 Å². The van der Waals surface area contributed by atoms with E-state index in [4.69, 9.17) is 5.73 Å². The molecule has 0 saturated heterocycles. The van der Waals surface area contributed by atoms with Crippen LogP contribution >= 0.6 is 11.8 Å². The maximum Gasteiger partial charge on any atom is 0.258 e. The number of hydrogen-bond donors (Lipinski definition) is 2. The van der Waals surface area contributed by atoms with Crippen molar-refractivity contribution >= 4 is 28.6 Å². The van der Waals surface area contributed by atoms with E-state index < -0.39 is 0 Å². The van der Waals surface area contributed by atoms with Gasteiger partial charge in [-0.2, -0.15) is 0 Å². The number of nitrogens with two attached hydrogens (primary N) is 1. The Kier molecular flexibility index (Phi) is 5.58. The standard InChI is InChI=1S/C25H18FN5OS/c26-20-11-15(9-10-17(20)16-12-28-25(27)29-13-16)18-5-2-4-8-22(18)33-14-23-30-21-7-3-1-6-19(21)24(32)31-23/h1-13H,14H2,(H2,27,28,29)(H,30,31,32). The lowest BCUT2D eigenvalue weighted by molar-refractivity contribution is 0.631. The Morgan fingerprint density at radius 1 is 0.909 bits per heavy atom. The van der Waals surface area contributed by atoms with Gasteiger partial charge in [0, 0.05) is 28.4 Å². The Labute approximate surface area is 192 Å². The summed E-state index contributed by atoms with van der Waals surface area (Å²) in [7, 11) is 0. The van der Waals surface area contributed by atoms with Crippen LogP contribution in [0, 0.1) is 5.82 Å². The van der Waals surface area contributed by atoms with Crippen molar-refractivity contribution in [3.05, 3.63) is 101 Å². The van der Waals surface area contributed by atoms with Crippen molar-refractivity contribution in [1.82, 2.24) is 19.9 Å². The molecule has 3 N–H and O–H groups in total. The second kappa shape index (κ2) is 8.84. The van der Waals surface area contributed by atoms with Gasteiger partial charge in [0.1, 0.15) is 11.6 Å². The molecule has 6 nitrogen and oxygen atoms in total. The molecule has 0 radical (unpaired) electrons. The van der Waals surface area contributed by atoms with Crippen LogP contribution in [0.5, 0.6) is 0 Å². The predicted molar refractivity (Wildman–Crippen MR) is 129 cm³/mol. The number of fused-ring (bicyclic) bond motifs is 1. The molecule has 0 spiro atoms. The van der Waals surface area contributed by atoms with Gasteiger partial charge in [-0.15, -0.1) is 11.8 Å². The fourth-order valence-electron chi connectivity index (χ4n) is 3.57. The van der Waals surface area contributed by atoms with E-state index in [1.165, 1.54) is 30.2 Å². The summed E-state index contributed by atoms with van der Waals surface area (Å²) in [5, 5.41) is 0.564. The van der Waals surface area contributed by atoms with Crippen LogP contribution in [0.15, 0.2) is 88.8 Å². The van der Waals surface area contributed by atoms with Crippen molar-refractivity contribution < 1.29 is 4.39 Å². The van der Waals surface area contributed by atoms with Crippen LogP contribution < -0.4 is 11.3 Å². The molecule has 8 heteroatoms. The van der Waals surface area contributed by atoms with Gasteiger partial charge in [0.2, 0.25) is 5.95 Å². The molecule has 0 bridgehead atoms. The first-order chi connectivity index (χ1) is 16.1. The average Bonchev–Trinajstić information content (AvgIpc) is 2.84. The molecule has 5 aromatic rings. The van der Waals surface area contributed by atoms with Crippen LogP contribution in [0.25, 0.3) is 33.2 Å². The lowest BCUT2D eigenvalue weighted by atomic mass is 10.0. The fourth-order valence-corrected chi connectivity index (χ4v) is 4.52. The van der Waals surface area contributed by atoms with E-state index >= 15 is 0 Å². The number of nitrogens with zero attached hydrogens (tertiary/aromatic N) is 3. The van der Waals surface area contributed by atoms with Crippen LogP contribution in [0.3, 0.4) is 0 Å². The van der Waals surface area contributed by atoms with Crippen molar-refractivity contribution in [2.24, 2.45) is 0 Å². The Balaban J connectivity index is 1.43. The molecule has 33 heavy (non-hydrogen) atoms. The maximum atomic E-state index is 15.0. The van der Waals surface area contributed by atoms with Gasteiger partial charge in [-0.05, 0) is 35.4 Å². The van der Waals surface area contributed by atoms with Gasteiger partial charge in [-0.3, -0.25) is 4.79 Å². The second-order valence-electron chi connectivity index (χ2n) is 7.34. The van der Waals surface area contributed by atoms with Gasteiger partial charge in [0.15, 0.2) is 0 Å². The number of aromatic nitrogens is 4. The molecule has 0 aliphatic heterocycles. The SMILES string of the molecule is Nc1ncc(-c2ccc(-c3ccccc3SCc3nc4ccccc4c(=O)[nH]3)cc2F)cn1. The van der Waals surface area contributed by atoms with Gasteiger partial charge in [0.25, 0.3) is 5.56 Å². The van der Waals surface area contributed by atoms with E-state index in [1.54, 1.807) is 12.1 Å². The summed E-state index contributed by atoms with van der Waals surface area (Å²) >= 11 is 1.53. The van der Waals surface area contributed by atoms with Crippen LogP contribution in [-0.2, 0) is 5.75 Å². The van der Waals surface area contributed by atoms with Crippen molar-refractivity contribution in [1.29, 1.82) is 0 Å². The first kappa shape index (κ1) is 20.8. The van der Waals surface area contributed by atoms with E-state index in [0.717, 1.165) is 16.0 Å². The molecule has 3 aromatic carbocycles. The summed E-state index contributed by atoms with van der Waals surface area (Å²) in [4.78, 5) is 28.6. The third kappa shape index (κ3) is 4.33. The molecule has 0 aliphatic rings. The molecule has 2 heterocycles. The molecule has 0 fully saturated rings. The molecule has 2 aromatic heterocycles. The molecule has 5 rings (SSSR count). The van der Waals surface area contributed by atoms with Gasteiger partial charge in [0.05, 0.1) is 16.7 Å². The van der Waals surface area contributed by atoms with Crippen molar-refractivity contribution in [2.45, 2.75) is 10.6 Å². The number of H-pyrrole nitrogens is 1. The number of thioether (sulfide) groups is 1. The number of benzene rings is 3. The van der Waals surface area contributed by atoms with E-state index in [1.807, 2.05) is 48.5 Å². The maximum absolute atomic E-state index is 15.0. The summed E-state index contributed by atoms with van der Waals surface area (Å²) in [6, 6.07) is 20.1. The molecule has 0 amide bonds. The lowest BCUT2D eigenvalue weighted by Crippen LogP contribution is -2.11. The molecule has 0 aliphatic carbocycles. The Bertz CT molecular complexity index is 1520. The Morgan fingerprint density at radius 3 is 2.48 bits per heavy atom. The topological polar surface area (TPSA) is 97.5 Å². The highest BCUT2D eigenvalue weighted by Crippen LogP contribution is 2.35. The number of halogens is 1. The highest BCUT2D eigenvalue weighted by Gasteiger charge is 2.12. The normalized spacial score (nSPS) is 11.1. The van der Waals surface area contributed by atoms with Gasteiger partial charge in [-0.25, -0.2) is 19.3 Å². The second-order valence-corrected chi connectivity index (χ2v) is 8.36. The largest absolute Gasteiger partial charge is 0.368 e. The van der Waals surface area contributed by atoms with Crippen LogP contribution in [0.1, 0.15) is 5.82 Å². The molecule has 162 valence electrons. The minimum Gasteiger partial charge on any atom is -0.368 e. The third-order valence-electron chi connectivity index (χ3n) is 5.18. The lowest BCUT2D eigenvalue weighted by Gasteiger charge is -2.11. The van der Waals surface area contributed by atoms with Crippen molar-refractivity contribution in [3.63, 3.8) is 0 Å². The number of nitrogens with one attached hydrogen (secondary N) is 1. The smallest absolute Gasteiger partial charge is 0.258 e. The average molecular weight is 456 g/mol. The number of para-hydroxylation sites is 1. The van der Waals surface area contributed by atoms with Gasteiger partial charge < -0.3 is 10.7 Å². The predicted octanol–water partition coefficient (Wildman–Crippen LogP) is 5.06. The Morgan fingerprint density at radius 2 is 1.67 bits per heavy atom. The molecule has 0 unspecified atom stereocenters. The molecule has 0 atom stereocenters. The molecule has 0 saturated carbocycles. The van der Waals surface area contributed by atoms with Crippen LogP contribution in [-0.4, -0.2) is 19.9 Å². The van der Waals surface area contributed by atoms with E-state index in [9.17, 15) is 9.18 Å². The van der Waals surface area contributed by atoms with E-state index in [0.29, 0.717) is 33.6 Å². The Hall–Kier alpha value is -4.04. The van der Waals surface area contributed by atoms with Crippen molar-refractivity contribution in [3.8, 4) is 22.3 Å². The summed E-state index contributed by atoms with van der Waals surface area (Å²) < 4.78 is 15.0. The number of hydrogen-bond acceptors (Lipinski definition) is 6. The summed E-state index contributed by atoms with van der Waals surface area (Å²) in [6.45, 7) is 0. The van der Waals surface area contributed by atoms with Crippen LogP contribution in [0.2, 0.25) is 0 Å². The van der Waals surface area contributed by atoms with Crippen LogP contribution in [0.4, 0.5) is 10.3 Å². The zero-order valence-corrected chi connectivity index (χ0v) is 18.1. The number of anilines is 1. The quantitative estimate of drug-likeness (QED) is 0.360. The number of nitrogen functional groups attached to an aromatic ring is 1. The zero-order chi connectivity index (χ0) is 22.8. The minimum absolute atomic E-state index is 0.143. The highest BCUT2D eigenvalue weighted by atomic mass is 32.2. The monoisotopic (exact) mass is 455 g/mol. The minimum atomic E-state index is -0.374. The van der Waals surface area contributed by atoms with Gasteiger partial charge in [-0.1, -0.05) is 42.5 Å². The first-order valence-electron chi connectivity index (χ1n) is 10.2. The molecular formula is C25H18FN5OS.